The minimum absolute atomic E-state index is 0.426. The number of thiocarbonyl (C=S) groups is 1. The monoisotopic (exact) mass is 461 g/mol. The second kappa shape index (κ2) is 13.3. The summed E-state index contributed by atoms with van der Waals surface area (Å²) >= 11 is 6.96. The van der Waals surface area contributed by atoms with E-state index in [1.54, 1.807) is 11.8 Å². The average Bonchev–Trinajstić information content (AvgIpc) is 3.32. The third-order valence-corrected chi connectivity index (χ3v) is 7.39. The normalized spacial score (nSPS) is 18.5. The summed E-state index contributed by atoms with van der Waals surface area (Å²) < 4.78 is 0. The van der Waals surface area contributed by atoms with E-state index in [2.05, 4.69) is 51.3 Å². The van der Waals surface area contributed by atoms with Gasteiger partial charge in [-0.2, -0.15) is 4.99 Å². The number of anilines is 2. The number of nitrogens with two attached hydrogens (primary N) is 1. The highest BCUT2D eigenvalue weighted by atomic mass is 32.2. The molecule has 3 N–H and O–H groups in total. The smallest absolute Gasteiger partial charge is 0.199 e. The summed E-state index contributed by atoms with van der Waals surface area (Å²) in [6.07, 6.45) is 11.6. The molecule has 1 aromatic carbocycles. The first-order chi connectivity index (χ1) is 15.2. The van der Waals surface area contributed by atoms with Gasteiger partial charge in [-0.15, -0.1) is 0 Å². The molecule has 2 heterocycles. The Labute approximate surface area is 198 Å². The Morgan fingerprint density at radius 2 is 1.74 bits per heavy atom. The Morgan fingerprint density at radius 3 is 2.42 bits per heavy atom. The number of thioether (sulfide) groups is 1. The van der Waals surface area contributed by atoms with Crippen LogP contribution >= 0.6 is 24.0 Å². The second-order valence-corrected chi connectivity index (χ2v) is 10.2. The summed E-state index contributed by atoms with van der Waals surface area (Å²) in [4.78, 5) is 9.53. The third kappa shape index (κ3) is 8.28. The highest BCUT2D eigenvalue weighted by Gasteiger charge is 2.26. The Morgan fingerprint density at radius 1 is 1.06 bits per heavy atom. The number of likely N-dealkylation sites (tertiary alicyclic amines) is 1. The molecule has 1 aromatic rings. The molecule has 0 aromatic heterocycles. The molecule has 31 heavy (non-hydrogen) atoms. The largest absolute Gasteiger partial charge is 0.378 e. The molecule has 0 unspecified atom stereocenters. The molecule has 0 spiro atoms. The van der Waals surface area contributed by atoms with Gasteiger partial charge in [0.25, 0.3) is 0 Å². The van der Waals surface area contributed by atoms with Crippen molar-refractivity contribution in [3.63, 3.8) is 0 Å². The van der Waals surface area contributed by atoms with Gasteiger partial charge in [0, 0.05) is 36.3 Å². The van der Waals surface area contributed by atoms with Crippen LogP contribution in [0.15, 0.2) is 29.3 Å². The lowest BCUT2D eigenvalue weighted by Crippen LogP contribution is -2.43. The molecule has 0 aliphatic carbocycles. The van der Waals surface area contributed by atoms with E-state index in [9.17, 15) is 0 Å². The third-order valence-electron chi connectivity index (χ3n) is 6.31. The summed E-state index contributed by atoms with van der Waals surface area (Å²) in [6, 6.07) is 9.31. The molecule has 7 heteroatoms. The lowest BCUT2D eigenvalue weighted by molar-refractivity contribution is 0.208. The molecule has 0 radical (unpaired) electrons. The standard InChI is InChI=1S/C24H39N5S2/c1-2-3-4-5-8-19-31-23(25)27-24(30)26-20-9-11-21(12-10-20)29-17-13-22(14-18-29)28-15-6-7-16-28/h9-12,22H,2-8,13-19H2,1H3,(H3,25,26,27,30). The zero-order chi connectivity index (χ0) is 21.9. The number of benzene rings is 1. The number of amidine groups is 1. The summed E-state index contributed by atoms with van der Waals surface area (Å²) in [5.41, 5.74) is 8.27. The second-order valence-electron chi connectivity index (χ2n) is 8.65. The summed E-state index contributed by atoms with van der Waals surface area (Å²) in [5, 5.41) is 4.16. The number of aliphatic imine (C=N–C) groups is 1. The first-order valence-corrected chi connectivity index (χ1v) is 13.4. The van der Waals surface area contributed by atoms with Gasteiger partial charge in [0.1, 0.15) is 0 Å². The van der Waals surface area contributed by atoms with E-state index in [0.717, 1.165) is 30.6 Å². The van der Waals surface area contributed by atoms with Gasteiger partial charge >= 0.3 is 0 Å². The maximum Gasteiger partial charge on any atom is 0.199 e. The van der Waals surface area contributed by atoms with E-state index >= 15 is 0 Å². The van der Waals surface area contributed by atoms with E-state index in [1.165, 1.54) is 76.6 Å². The van der Waals surface area contributed by atoms with Crippen LogP contribution in [-0.2, 0) is 0 Å². The van der Waals surface area contributed by atoms with Gasteiger partial charge in [-0.3, -0.25) is 0 Å². The SMILES string of the molecule is CCCCCCCS/C(N)=N/C(=S)Nc1ccc(N2CCC(N3CCCC3)CC2)cc1. The van der Waals surface area contributed by atoms with Crippen molar-refractivity contribution >= 4 is 45.6 Å². The Hall–Kier alpha value is -1.31. The number of unbranched alkanes of at least 4 members (excludes halogenated alkanes) is 4. The summed E-state index contributed by atoms with van der Waals surface area (Å²) in [7, 11) is 0. The van der Waals surface area contributed by atoms with E-state index < -0.39 is 0 Å². The van der Waals surface area contributed by atoms with Gasteiger partial charge < -0.3 is 20.9 Å². The predicted molar refractivity (Wildman–Crippen MR) is 142 cm³/mol. The van der Waals surface area contributed by atoms with Gasteiger partial charge in [-0.25, -0.2) is 0 Å². The van der Waals surface area contributed by atoms with Crippen molar-refractivity contribution < 1.29 is 0 Å². The van der Waals surface area contributed by atoms with Gasteiger partial charge in [0.15, 0.2) is 10.3 Å². The maximum atomic E-state index is 6.02. The van der Waals surface area contributed by atoms with Crippen molar-refractivity contribution in [2.45, 2.75) is 70.8 Å². The minimum Gasteiger partial charge on any atom is -0.378 e. The number of hydrogen-bond donors (Lipinski definition) is 2. The molecule has 0 saturated carbocycles. The minimum atomic E-state index is 0.426. The fourth-order valence-electron chi connectivity index (χ4n) is 4.52. The summed E-state index contributed by atoms with van der Waals surface area (Å²) in [5.74, 6) is 1.00. The van der Waals surface area contributed by atoms with E-state index in [-0.39, 0.29) is 0 Å². The van der Waals surface area contributed by atoms with Crippen molar-refractivity contribution in [3.8, 4) is 0 Å². The molecule has 2 aliphatic rings. The fourth-order valence-corrected chi connectivity index (χ4v) is 5.51. The predicted octanol–water partition coefficient (Wildman–Crippen LogP) is 5.47. The quantitative estimate of drug-likeness (QED) is 0.220. The van der Waals surface area contributed by atoms with Crippen LogP contribution in [0, 0.1) is 0 Å². The van der Waals surface area contributed by atoms with Gasteiger partial charge in [-0.1, -0.05) is 44.4 Å². The van der Waals surface area contributed by atoms with Crippen molar-refractivity contribution in [2.75, 3.05) is 42.1 Å². The van der Waals surface area contributed by atoms with Crippen LogP contribution in [0.5, 0.6) is 0 Å². The van der Waals surface area contributed by atoms with E-state index in [1.807, 2.05) is 0 Å². The number of rotatable bonds is 9. The lowest BCUT2D eigenvalue weighted by Gasteiger charge is -2.37. The van der Waals surface area contributed by atoms with Crippen LogP contribution in [0.2, 0.25) is 0 Å². The molecule has 172 valence electrons. The first kappa shape index (κ1) is 24.3. The topological polar surface area (TPSA) is 56.9 Å². The zero-order valence-corrected chi connectivity index (χ0v) is 20.7. The number of nitrogens with one attached hydrogen (secondary N) is 1. The molecule has 5 nitrogen and oxygen atoms in total. The van der Waals surface area contributed by atoms with Crippen molar-refractivity contribution in [2.24, 2.45) is 10.7 Å². The number of hydrogen-bond acceptors (Lipinski definition) is 4. The number of piperidine rings is 1. The van der Waals surface area contributed by atoms with Gasteiger partial charge in [-0.05, 0) is 81.7 Å². The highest BCUT2D eigenvalue weighted by Crippen LogP contribution is 2.26. The van der Waals surface area contributed by atoms with Crippen LogP contribution in [0.25, 0.3) is 0 Å². The molecule has 0 amide bonds. The average molecular weight is 462 g/mol. The first-order valence-electron chi connectivity index (χ1n) is 12.0. The van der Waals surface area contributed by atoms with Crippen molar-refractivity contribution in [1.82, 2.24) is 4.90 Å². The Kier molecular flexibility index (Phi) is 10.4. The Balaban J connectivity index is 1.38. The van der Waals surface area contributed by atoms with Crippen LogP contribution in [0.4, 0.5) is 11.4 Å². The molecule has 0 atom stereocenters. The zero-order valence-electron chi connectivity index (χ0n) is 19.0. The van der Waals surface area contributed by atoms with Gasteiger partial charge in [0.2, 0.25) is 0 Å². The molecule has 0 bridgehead atoms. The fraction of sp³-hybridized carbons (Fsp3) is 0.667. The van der Waals surface area contributed by atoms with Crippen LogP contribution < -0.4 is 16.0 Å². The van der Waals surface area contributed by atoms with E-state index in [4.69, 9.17) is 18.0 Å². The van der Waals surface area contributed by atoms with Gasteiger partial charge in [0.05, 0.1) is 0 Å². The number of nitrogens with zero attached hydrogens (tertiary/aromatic N) is 3. The highest BCUT2D eigenvalue weighted by molar-refractivity contribution is 8.13. The van der Waals surface area contributed by atoms with Crippen molar-refractivity contribution in [1.29, 1.82) is 0 Å². The van der Waals surface area contributed by atoms with Crippen LogP contribution in [0.3, 0.4) is 0 Å². The molecule has 3 rings (SSSR count). The summed E-state index contributed by atoms with van der Waals surface area (Å²) in [6.45, 7) is 7.12. The lowest BCUT2D eigenvalue weighted by atomic mass is 10.0. The molecular formula is C24H39N5S2. The maximum absolute atomic E-state index is 6.02. The Bertz CT molecular complexity index is 692. The molecule has 2 aliphatic heterocycles. The molecule has 2 saturated heterocycles. The molecule has 2 fully saturated rings. The van der Waals surface area contributed by atoms with E-state index in [0.29, 0.717) is 10.3 Å². The van der Waals surface area contributed by atoms with Crippen LogP contribution in [-0.4, -0.2) is 53.2 Å². The molecular weight excluding hydrogens is 422 g/mol. The van der Waals surface area contributed by atoms with Crippen LogP contribution in [0.1, 0.15) is 64.7 Å². The van der Waals surface area contributed by atoms with Crippen molar-refractivity contribution in [3.05, 3.63) is 24.3 Å².